The molecular formula is C20H30N4O3S. The SMILES string of the molecule is CCOC(=O)c1sc2nc(CN3CCCCC3)nc(NC(C)COC)c2c1C. The first-order valence-electron chi connectivity index (χ1n) is 9.98. The highest BCUT2D eigenvalue weighted by atomic mass is 32.1. The number of fused-ring (bicyclic) bond motifs is 1. The van der Waals surface area contributed by atoms with Gasteiger partial charge in [-0.3, -0.25) is 4.90 Å². The molecule has 7 nitrogen and oxygen atoms in total. The van der Waals surface area contributed by atoms with E-state index in [4.69, 9.17) is 19.4 Å². The number of rotatable bonds is 8. The lowest BCUT2D eigenvalue weighted by Crippen LogP contribution is -2.30. The number of nitrogens with one attached hydrogen (secondary N) is 1. The maximum Gasteiger partial charge on any atom is 0.348 e. The summed E-state index contributed by atoms with van der Waals surface area (Å²) in [5.41, 5.74) is 0.870. The van der Waals surface area contributed by atoms with Gasteiger partial charge in [0.05, 0.1) is 25.1 Å². The normalized spacial score (nSPS) is 16.3. The van der Waals surface area contributed by atoms with Gasteiger partial charge in [0.15, 0.2) is 0 Å². The third-order valence-corrected chi connectivity index (χ3v) is 6.08. The van der Waals surface area contributed by atoms with E-state index in [1.807, 2.05) is 13.8 Å². The lowest BCUT2D eigenvalue weighted by atomic mass is 10.1. The van der Waals surface area contributed by atoms with Crippen molar-refractivity contribution in [2.75, 3.05) is 38.7 Å². The summed E-state index contributed by atoms with van der Waals surface area (Å²) in [5, 5.41) is 4.35. The van der Waals surface area contributed by atoms with E-state index in [1.54, 1.807) is 7.11 Å². The standard InChI is InChI=1S/C20H30N4O3S/c1-5-27-20(25)17-14(3)16-18(21-13(2)12-26-4)22-15(23-19(16)28-17)11-24-9-7-6-8-10-24/h13H,5-12H2,1-4H3,(H,21,22,23). The minimum absolute atomic E-state index is 0.0938. The molecule has 1 aliphatic rings. The Bertz CT molecular complexity index is 817. The van der Waals surface area contributed by atoms with Gasteiger partial charge in [-0.15, -0.1) is 11.3 Å². The monoisotopic (exact) mass is 406 g/mol. The van der Waals surface area contributed by atoms with Crippen LogP contribution in [-0.4, -0.2) is 60.3 Å². The van der Waals surface area contributed by atoms with E-state index in [0.29, 0.717) is 18.1 Å². The largest absolute Gasteiger partial charge is 0.462 e. The molecule has 0 radical (unpaired) electrons. The molecule has 1 unspecified atom stereocenters. The fourth-order valence-electron chi connectivity index (χ4n) is 3.59. The summed E-state index contributed by atoms with van der Waals surface area (Å²) in [4.78, 5) is 25.8. The lowest BCUT2D eigenvalue weighted by Gasteiger charge is -2.25. The highest BCUT2D eigenvalue weighted by Gasteiger charge is 2.23. The van der Waals surface area contributed by atoms with Crippen LogP contribution in [-0.2, 0) is 16.0 Å². The Labute approximate surface area is 170 Å². The second-order valence-corrected chi connectivity index (χ2v) is 8.28. The van der Waals surface area contributed by atoms with Crippen LogP contribution in [0.4, 0.5) is 5.82 Å². The fourth-order valence-corrected chi connectivity index (χ4v) is 4.69. The average molecular weight is 407 g/mol. The number of carbonyl (C=O) groups excluding carboxylic acids is 1. The molecule has 0 amide bonds. The first-order chi connectivity index (χ1) is 13.5. The van der Waals surface area contributed by atoms with Gasteiger partial charge in [-0.2, -0.15) is 0 Å². The highest BCUT2D eigenvalue weighted by molar-refractivity contribution is 7.20. The summed E-state index contributed by atoms with van der Waals surface area (Å²) >= 11 is 1.39. The second-order valence-electron chi connectivity index (χ2n) is 7.28. The van der Waals surface area contributed by atoms with Crippen LogP contribution in [0.5, 0.6) is 0 Å². The molecule has 1 fully saturated rings. The number of hydrogen-bond donors (Lipinski definition) is 1. The molecule has 154 valence electrons. The predicted octanol–water partition coefficient (Wildman–Crippen LogP) is 3.61. The summed E-state index contributed by atoms with van der Waals surface area (Å²) in [6, 6.07) is 0.0938. The van der Waals surface area contributed by atoms with Crippen LogP contribution in [0.3, 0.4) is 0 Å². The molecule has 1 saturated heterocycles. The number of carbonyl (C=O) groups is 1. The van der Waals surface area contributed by atoms with E-state index in [9.17, 15) is 4.79 Å². The smallest absolute Gasteiger partial charge is 0.348 e. The third-order valence-electron chi connectivity index (χ3n) is 4.91. The van der Waals surface area contributed by atoms with Crippen LogP contribution in [0.1, 0.15) is 54.2 Å². The van der Waals surface area contributed by atoms with Gasteiger partial charge in [-0.1, -0.05) is 6.42 Å². The molecule has 1 N–H and O–H groups in total. The van der Waals surface area contributed by atoms with Gasteiger partial charge in [0, 0.05) is 13.2 Å². The molecule has 1 atom stereocenters. The van der Waals surface area contributed by atoms with Crippen LogP contribution >= 0.6 is 11.3 Å². The van der Waals surface area contributed by atoms with E-state index < -0.39 is 0 Å². The van der Waals surface area contributed by atoms with Crippen molar-refractivity contribution in [3.05, 3.63) is 16.3 Å². The van der Waals surface area contributed by atoms with Crippen molar-refractivity contribution in [2.45, 2.75) is 52.6 Å². The second kappa shape index (κ2) is 9.62. The summed E-state index contributed by atoms with van der Waals surface area (Å²) in [5.74, 6) is 1.26. The van der Waals surface area contributed by atoms with Gasteiger partial charge in [-0.25, -0.2) is 14.8 Å². The Kier molecular flexibility index (Phi) is 7.20. The van der Waals surface area contributed by atoms with Crippen molar-refractivity contribution in [1.82, 2.24) is 14.9 Å². The molecule has 0 aromatic carbocycles. The predicted molar refractivity (Wildman–Crippen MR) is 112 cm³/mol. The van der Waals surface area contributed by atoms with Crippen molar-refractivity contribution >= 4 is 33.3 Å². The minimum atomic E-state index is -0.295. The van der Waals surface area contributed by atoms with Gasteiger partial charge in [0.2, 0.25) is 0 Å². The van der Waals surface area contributed by atoms with Gasteiger partial charge in [0.25, 0.3) is 0 Å². The molecule has 1 aliphatic heterocycles. The molecule has 3 rings (SSSR count). The van der Waals surface area contributed by atoms with Crippen LogP contribution in [0.25, 0.3) is 10.2 Å². The van der Waals surface area contributed by atoms with Gasteiger partial charge in [0.1, 0.15) is 21.3 Å². The third kappa shape index (κ3) is 4.79. The number of hydrogen-bond acceptors (Lipinski definition) is 8. The Hall–Kier alpha value is -1.77. The van der Waals surface area contributed by atoms with Crippen LogP contribution in [0.2, 0.25) is 0 Å². The van der Waals surface area contributed by atoms with Crippen LogP contribution in [0.15, 0.2) is 0 Å². The molecule has 3 heterocycles. The van der Waals surface area contributed by atoms with Crippen molar-refractivity contribution in [3.8, 4) is 0 Å². The number of esters is 1. The quantitative estimate of drug-likeness (QED) is 0.671. The molecule has 2 aromatic heterocycles. The molecule has 0 aliphatic carbocycles. The fraction of sp³-hybridized carbons (Fsp3) is 0.650. The zero-order chi connectivity index (χ0) is 20.1. The average Bonchev–Trinajstić information content (AvgIpc) is 3.00. The molecule has 0 saturated carbocycles. The first kappa shape index (κ1) is 21.0. The van der Waals surface area contributed by atoms with Gasteiger partial charge < -0.3 is 14.8 Å². The molecule has 28 heavy (non-hydrogen) atoms. The van der Waals surface area contributed by atoms with Crippen molar-refractivity contribution in [2.24, 2.45) is 0 Å². The summed E-state index contributed by atoms with van der Waals surface area (Å²) in [6.07, 6.45) is 3.75. The number of thiophene rings is 1. The Balaban J connectivity index is 1.99. The summed E-state index contributed by atoms with van der Waals surface area (Å²) in [7, 11) is 1.68. The number of aryl methyl sites for hydroxylation is 1. The topological polar surface area (TPSA) is 76.6 Å². The maximum atomic E-state index is 12.4. The maximum absolute atomic E-state index is 12.4. The minimum Gasteiger partial charge on any atom is -0.462 e. The number of piperidine rings is 1. The Morgan fingerprint density at radius 2 is 2.04 bits per heavy atom. The zero-order valence-corrected chi connectivity index (χ0v) is 18.0. The Morgan fingerprint density at radius 3 is 2.71 bits per heavy atom. The van der Waals surface area contributed by atoms with E-state index in [1.165, 1.54) is 30.6 Å². The zero-order valence-electron chi connectivity index (χ0n) is 17.2. The number of methoxy groups -OCH3 is 1. The summed E-state index contributed by atoms with van der Waals surface area (Å²) in [6.45, 7) is 9.63. The van der Waals surface area contributed by atoms with Crippen molar-refractivity contribution < 1.29 is 14.3 Å². The van der Waals surface area contributed by atoms with E-state index in [2.05, 4.69) is 17.1 Å². The molecular weight excluding hydrogens is 376 g/mol. The molecule has 8 heteroatoms. The lowest BCUT2D eigenvalue weighted by molar-refractivity contribution is 0.0531. The van der Waals surface area contributed by atoms with E-state index >= 15 is 0 Å². The first-order valence-corrected chi connectivity index (χ1v) is 10.8. The number of aromatic nitrogens is 2. The number of nitrogens with zero attached hydrogens (tertiary/aromatic N) is 3. The number of likely N-dealkylation sites (tertiary alicyclic amines) is 1. The van der Waals surface area contributed by atoms with E-state index in [-0.39, 0.29) is 12.0 Å². The van der Waals surface area contributed by atoms with Crippen molar-refractivity contribution in [1.29, 1.82) is 0 Å². The highest BCUT2D eigenvalue weighted by Crippen LogP contribution is 2.35. The summed E-state index contributed by atoms with van der Waals surface area (Å²) < 4.78 is 10.5. The van der Waals surface area contributed by atoms with Crippen LogP contribution < -0.4 is 5.32 Å². The van der Waals surface area contributed by atoms with Crippen molar-refractivity contribution in [3.63, 3.8) is 0 Å². The molecule has 2 aromatic rings. The number of anilines is 1. The van der Waals surface area contributed by atoms with Gasteiger partial charge in [-0.05, 0) is 52.3 Å². The Morgan fingerprint density at radius 1 is 1.29 bits per heavy atom. The van der Waals surface area contributed by atoms with E-state index in [0.717, 1.165) is 47.1 Å². The molecule has 0 bridgehead atoms. The number of ether oxygens (including phenoxy) is 2. The van der Waals surface area contributed by atoms with Gasteiger partial charge >= 0.3 is 5.97 Å². The van der Waals surface area contributed by atoms with Crippen LogP contribution in [0, 0.1) is 6.92 Å². The molecule has 0 spiro atoms.